The van der Waals surface area contributed by atoms with Crippen molar-refractivity contribution in [2.75, 3.05) is 33.9 Å². The van der Waals surface area contributed by atoms with Crippen LogP contribution in [0.5, 0.6) is 0 Å². The van der Waals surface area contributed by atoms with Crippen LogP contribution in [0, 0.1) is 0 Å². The predicted octanol–water partition coefficient (Wildman–Crippen LogP) is 3.67. The third kappa shape index (κ3) is 18.4. The van der Waals surface area contributed by atoms with Crippen molar-refractivity contribution < 1.29 is 14.3 Å². The molecule has 0 bridgehead atoms. The summed E-state index contributed by atoms with van der Waals surface area (Å²) in [6, 6.07) is 0.113. The molecule has 0 aromatic heterocycles. The summed E-state index contributed by atoms with van der Waals surface area (Å²) in [7, 11) is 3.49. The molecule has 0 aliphatic carbocycles. The number of aliphatic imine (C=N–C) groups is 1. The van der Waals surface area contributed by atoms with Crippen molar-refractivity contribution in [3.05, 3.63) is 0 Å². The van der Waals surface area contributed by atoms with Crippen LogP contribution in [0.15, 0.2) is 4.99 Å². The average Bonchev–Trinajstić information content (AvgIpc) is 2.57. The van der Waals surface area contributed by atoms with Crippen LogP contribution in [0.1, 0.15) is 66.2 Å². The molecule has 1 amide bonds. The van der Waals surface area contributed by atoms with Crippen LogP contribution in [-0.2, 0) is 9.47 Å². The molecule has 27 heavy (non-hydrogen) atoms. The number of halogens is 1. The molecule has 0 heterocycles. The van der Waals surface area contributed by atoms with Crippen molar-refractivity contribution in [3.8, 4) is 0 Å². The molecule has 1 atom stereocenters. The van der Waals surface area contributed by atoms with Gasteiger partial charge in [-0.15, -0.1) is 24.0 Å². The van der Waals surface area contributed by atoms with Crippen molar-refractivity contribution in [3.63, 3.8) is 0 Å². The van der Waals surface area contributed by atoms with E-state index in [2.05, 4.69) is 27.9 Å². The number of rotatable bonds is 12. The maximum absolute atomic E-state index is 11.9. The number of methoxy groups -OCH3 is 1. The fraction of sp³-hybridized carbons (Fsp3) is 0.895. The van der Waals surface area contributed by atoms with Crippen LogP contribution in [-0.4, -0.2) is 57.5 Å². The zero-order valence-electron chi connectivity index (χ0n) is 18.0. The van der Waals surface area contributed by atoms with E-state index in [1.165, 1.54) is 0 Å². The lowest BCUT2D eigenvalue weighted by Gasteiger charge is -2.24. The molecule has 8 heteroatoms. The van der Waals surface area contributed by atoms with E-state index < -0.39 is 5.60 Å². The second kappa shape index (κ2) is 17.3. The zero-order valence-corrected chi connectivity index (χ0v) is 20.4. The van der Waals surface area contributed by atoms with Crippen molar-refractivity contribution in [1.29, 1.82) is 0 Å². The molecule has 0 saturated heterocycles. The average molecular weight is 500 g/mol. The molecule has 0 fully saturated rings. The Balaban J connectivity index is 0. The minimum Gasteiger partial charge on any atom is -0.444 e. The molecular weight excluding hydrogens is 459 g/mol. The van der Waals surface area contributed by atoms with E-state index >= 15 is 0 Å². The van der Waals surface area contributed by atoms with E-state index in [0.717, 1.165) is 57.6 Å². The highest BCUT2D eigenvalue weighted by Gasteiger charge is 2.18. The maximum Gasteiger partial charge on any atom is 0.407 e. The lowest BCUT2D eigenvalue weighted by atomic mass is 10.1. The number of guanidine groups is 1. The van der Waals surface area contributed by atoms with Gasteiger partial charge in [0.15, 0.2) is 5.96 Å². The van der Waals surface area contributed by atoms with Crippen LogP contribution in [0.2, 0.25) is 0 Å². The number of carbonyl (C=O) groups excluding carboxylic acids is 1. The number of carbonyl (C=O) groups is 1. The van der Waals surface area contributed by atoms with Gasteiger partial charge in [-0.1, -0.05) is 19.8 Å². The molecule has 0 spiro atoms. The molecule has 7 nitrogen and oxygen atoms in total. The van der Waals surface area contributed by atoms with Crippen molar-refractivity contribution in [1.82, 2.24) is 16.0 Å². The van der Waals surface area contributed by atoms with Crippen LogP contribution < -0.4 is 16.0 Å². The summed E-state index contributed by atoms with van der Waals surface area (Å²) in [4.78, 5) is 16.2. The van der Waals surface area contributed by atoms with Crippen molar-refractivity contribution >= 4 is 36.0 Å². The molecule has 0 aromatic rings. The molecule has 3 N–H and O–H groups in total. The minimum absolute atomic E-state index is 0. The fourth-order valence-corrected chi connectivity index (χ4v) is 2.34. The van der Waals surface area contributed by atoms with Gasteiger partial charge in [-0.2, -0.15) is 0 Å². The Morgan fingerprint density at radius 1 is 1.11 bits per heavy atom. The van der Waals surface area contributed by atoms with Gasteiger partial charge in [-0.3, -0.25) is 4.99 Å². The normalized spacial score (nSPS) is 12.7. The number of hydrogen-bond donors (Lipinski definition) is 3. The summed E-state index contributed by atoms with van der Waals surface area (Å²) in [6.07, 6.45) is 6.03. The highest BCUT2D eigenvalue weighted by atomic mass is 127. The monoisotopic (exact) mass is 500 g/mol. The quantitative estimate of drug-likeness (QED) is 0.165. The molecule has 0 aliphatic rings. The van der Waals surface area contributed by atoms with Crippen LogP contribution in [0.4, 0.5) is 4.79 Å². The molecule has 0 aliphatic heterocycles. The Morgan fingerprint density at radius 3 is 2.37 bits per heavy atom. The Hall–Kier alpha value is -0.770. The second-order valence-corrected chi connectivity index (χ2v) is 7.42. The van der Waals surface area contributed by atoms with Gasteiger partial charge in [0.25, 0.3) is 0 Å². The number of nitrogens with zero attached hydrogens (tertiary/aromatic N) is 1. The number of hydrogen-bond acceptors (Lipinski definition) is 4. The van der Waals surface area contributed by atoms with E-state index in [-0.39, 0.29) is 36.1 Å². The molecule has 0 saturated carbocycles. The van der Waals surface area contributed by atoms with E-state index in [0.29, 0.717) is 6.54 Å². The SMILES string of the molecule is CCCCC(CNC(=O)OC(C)(C)C)NC(=NC)NCCCCCOC.I. The van der Waals surface area contributed by atoms with Crippen LogP contribution >= 0.6 is 24.0 Å². The highest BCUT2D eigenvalue weighted by molar-refractivity contribution is 14.0. The fourth-order valence-electron chi connectivity index (χ4n) is 2.34. The van der Waals surface area contributed by atoms with Gasteiger partial charge < -0.3 is 25.4 Å². The molecule has 0 rings (SSSR count). The lowest BCUT2D eigenvalue weighted by Crippen LogP contribution is -2.49. The smallest absolute Gasteiger partial charge is 0.407 e. The lowest BCUT2D eigenvalue weighted by molar-refractivity contribution is 0.0523. The van der Waals surface area contributed by atoms with E-state index in [1.54, 1.807) is 14.2 Å². The molecule has 1 unspecified atom stereocenters. The van der Waals surface area contributed by atoms with Gasteiger partial charge in [-0.05, 0) is 46.5 Å². The third-order valence-electron chi connectivity index (χ3n) is 3.68. The maximum atomic E-state index is 11.9. The first-order chi connectivity index (χ1) is 12.3. The van der Waals surface area contributed by atoms with Gasteiger partial charge >= 0.3 is 6.09 Å². The van der Waals surface area contributed by atoms with E-state index in [4.69, 9.17) is 9.47 Å². The van der Waals surface area contributed by atoms with E-state index in [1.807, 2.05) is 20.8 Å². The standard InChI is InChI=1S/C19H40N4O3.HI/c1-7-8-12-16(15-22-18(24)26-19(2,3)4)23-17(20-5)21-13-10-9-11-14-25-6;/h16H,7-15H2,1-6H3,(H,22,24)(H2,20,21,23);1H. The van der Waals surface area contributed by atoms with Gasteiger partial charge in [0.05, 0.1) is 0 Å². The van der Waals surface area contributed by atoms with Gasteiger partial charge in [-0.25, -0.2) is 4.79 Å². The van der Waals surface area contributed by atoms with Crippen molar-refractivity contribution in [2.24, 2.45) is 4.99 Å². The number of alkyl carbamates (subject to hydrolysis) is 1. The first-order valence-electron chi connectivity index (χ1n) is 9.75. The summed E-state index contributed by atoms with van der Waals surface area (Å²) in [5.74, 6) is 0.767. The largest absolute Gasteiger partial charge is 0.444 e. The first kappa shape index (κ1) is 28.4. The zero-order chi connectivity index (χ0) is 19.8. The van der Waals surface area contributed by atoms with E-state index in [9.17, 15) is 4.79 Å². The Kier molecular flexibility index (Phi) is 18.3. The van der Waals surface area contributed by atoms with Crippen molar-refractivity contribution in [2.45, 2.75) is 77.9 Å². The summed E-state index contributed by atoms with van der Waals surface area (Å²) < 4.78 is 10.4. The summed E-state index contributed by atoms with van der Waals surface area (Å²) in [5, 5.41) is 9.58. The summed E-state index contributed by atoms with van der Waals surface area (Å²) in [5.41, 5.74) is -0.489. The summed E-state index contributed by atoms with van der Waals surface area (Å²) >= 11 is 0. The number of unbranched alkanes of at least 4 members (excludes halogenated alkanes) is 3. The molecule has 0 aromatic carbocycles. The third-order valence-corrected chi connectivity index (χ3v) is 3.68. The number of amides is 1. The number of ether oxygens (including phenoxy) is 2. The first-order valence-corrected chi connectivity index (χ1v) is 9.75. The Morgan fingerprint density at radius 2 is 1.81 bits per heavy atom. The Bertz CT molecular complexity index is 401. The van der Waals surface area contributed by atoms with Gasteiger partial charge in [0.2, 0.25) is 0 Å². The minimum atomic E-state index is -0.489. The Labute approximate surface area is 182 Å². The van der Waals surface area contributed by atoms with Crippen LogP contribution in [0.3, 0.4) is 0 Å². The molecule has 0 radical (unpaired) electrons. The second-order valence-electron chi connectivity index (χ2n) is 7.42. The summed E-state index contributed by atoms with van der Waals surface area (Å²) in [6.45, 7) is 9.91. The van der Waals surface area contributed by atoms with Gasteiger partial charge in [0, 0.05) is 39.9 Å². The molecular formula is C19H41IN4O3. The highest BCUT2D eigenvalue weighted by Crippen LogP contribution is 2.07. The van der Waals surface area contributed by atoms with Crippen LogP contribution in [0.25, 0.3) is 0 Å². The predicted molar refractivity (Wildman–Crippen MR) is 123 cm³/mol. The van der Waals surface area contributed by atoms with Gasteiger partial charge in [0.1, 0.15) is 5.60 Å². The number of nitrogens with one attached hydrogen (secondary N) is 3. The molecule has 162 valence electrons. The topological polar surface area (TPSA) is 84.0 Å².